The first-order valence-corrected chi connectivity index (χ1v) is 7.76. The van der Waals surface area contributed by atoms with E-state index in [1.54, 1.807) is 0 Å². The second-order valence-corrected chi connectivity index (χ2v) is 7.71. The summed E-state index contributed by atoms with van der Waals surface area (Å²) < 4.78 is 0.791. The van der Waals surface area contributed by atoms with Crippen molar-refractivity contribution in [3.05, 3.63) is 0 Å². The minimum Gasteiger partial charge on any atom is -0.147 e. The van der Waals surface area contributed by atoms with Crippen LogP contribution in [0.5, 0.6) is 0 Å². The number of rotatable bonds is 7. The van der Waals surface area contributed by atoms with E-state index in [1.807, 2.05) is 0 Å². The molecule has 0 amide bonds. The molecule has 0 aliphatic heterocycles. The fourth-order valence-corrected chi connectivity index (χ4v) is 3.78. The number of hydrogen-bond donors (Lipinski definition) is 0. The maximum absolute atomic E-state index is 2.34. The van der Waals surface area contributed by atoms with Crippen LogP contribution >= 0.6 is 23.5 Å². The van der Waals surface area contributed by atoms with Crippen molar-refractivity contribution in [1.82, 2.24) is 0 Å². The molecule has 0 unspecified atom stereocenters. The SMILES string of the molecule is CC(C)CSC(SCC(C)C)C(C)C. The zero-order valence-electron chi connectivity index (χ0n) is 10.5. The lowest BCUT2D eigenvalue weighted by Gasteiger charge is -2.21. The van der Waals surface area contributed by atoms with Crippen molar-refractivity contribution in [2.24, 2.45) is 17.8 Å². The first-order valence-electron chi connectivity index (χ1n) is 5.66. The van der Waals surface area contributed by atoms with Gasteiger partial charge in [0.25, 0.3) is 0 Å². The van der Waals surface area contributed by atoms with E-state index in [0.29, 0.717) is 0 Å². The zero-order valence-corrected chi connectivity index (χ0v) is 12.2. The molecule has 0 bridgehead atoms. The maximum Gasteiger partial charge on any atom is 0.0525 e. The van der Waals surface area contributed by atoms with Crippen LogP contribution in [0.4, 0.5) is 0 Å². The van der Waals surface area contributed by atoms with Crippen LogP contribution in [-0.2, 0) is 0 Å². The topological polar surface area (TPSA) is 0 Å². The molecule has 0 spiro atoms. The quantitative estimate of drug-likeness (QED) is 0.583. The number of hydrogen-bond acceptors (Lipinski definition) is 2. The van der Waals surface area contributed by atoms with Gasteiger partial charge in [0.05, 0.1) is 4.58 Å². The Morgan fingerprint density at radius 2 is 1.07 bits per heavy atom. The molecule has 0 atom stereocenters. The fraction of sp³-hybridized carbons (Fsp3) is 1.00. The van der Waals surface area contributed by atoms with Gasteiger partial charge in [-0.15, -0.1) is 23.5 Å². The predicted molar refractivity (Wildman–Crippen MR) is 73.2 cm³/mol. The van der Waals surface area contributed by atoms with Crippen molar-refractivity contribution in [1.29, 1.82) is 0 Å². The van der Waals surface area contributed by atoms with E-state index in [0.717, 1.165) is 22.3 Å². The van der Waals surface area contributed by atoms with Crippen molar-refractivity contribution in [2.45, 2.75) is 46.1 Å². The monoisotopic (exact) mass is 234 g/mol. The second kappa shape index (κ2) is 7.92. The van der Waals surface area contributed by atoms with Crippen LogP contribution in [0.25, 0.3) is 0 Å². The van der Waals surface area contributed by atoms with Gasteiger partial charge in [-0.3, -0.25) is 0 Å². The summed E-state index contributed by atoms with van der Waals surface area (Å²) in [6.07, 6.45) is 0. The van der Waals surface area contributed by atoms with E-state index < -0.39 is 0 Å². The van der Waals surface area contributed by atoms with Crippen molar-refractivity contribution in [3.63, 3.8) is 0 Å². The Labute approximate surface area is 99.0 Å². The van der Waals surface area contributed by atoms with Crippen molar-refractivity contribution in [3.8, 4) is 0 Å². The molecule has 0 saturated heterocycles. The highest BCUT2D eigenvalue weighted by molar-refractivity contribution is 8.17. The molecule has 0 saturated carbocycles. The Hall–Kier alpha value is 0.700. The molecular formula is C12H26S2. The Morgan fingerprint density at radius 1 is 0.714 bits per heavy atom. The lowest BCUT2D eigenvalue weighted by molar-refractivity contribution is 0.701. The summed E-state index contributed by atoms with van der Waals surface area (Å²) >= 11 is 4.29. The fourth-order valence-electron chi connectivity index (χ4n) is 1.01. The van der Waals surface area contributed by atoms with Crippen LogP contribution in [0.2, 0.25) is 0 Å². The molecule has 0 rings (SSSR count). The largest absolute Gasteiger partial charge is 0.147 e. The first-order chi connectivity index (χ1) is 6.43. The van der Waals surface area contributed by atoms with Crippen molar-refractivity contribution >= 4 is 23.5 Å². The smallest absolute Gasteiger partial charge is 0.0525 e. The van der Waals surface area contributed by atoms with E-state index >= 15 is 0 Å². The Kier molecular flexibility index (Phi) is 8.32. The minimum absolute atomic E-state index is 0.791. The van der Waals surface area contributed by atoms with Crippen LogP contribution in [0.15, 0.2) is 0 Å². The normalized spacial score (nSPS) is 12.4. The molecule has 14 heavy (non-hydrogen) atoms. The molecule has 0 aliphatic carbocycles. The molecule has 0 aliphatic rings. The molecule has 0 aromatic rings. The van der Waals surface area contributed by atoms with Gasteiger partial charge in [0.1, 0.15) is 0 Å². The average Bonchev–Trinajstić information content (AvgIpc) is 2.02. The van der Waals surface area contributed by atoms with Crippen molar-refractivity contribution < 1.29 is 0 Å². The minimum atomic E-state index is 0.791. The summed E-state index contributed by atoms with van der Waals surface area (Å²) in [5.74, 6) is 5.03. The molecule has 0 heterocycles. The van der Waals surface area contributed by atoms with Crippen LogP contribution in [0.3, 0.4) is 0 Å². The molecule has 0 fully saturated rings. The van der Waals surface area contributed by atoms with Crippen LogP contribution in [0, 0.1) is 17.8 Å². The summed E-state index contributed by atoms with van der Waals surface area (Å²) in [5.41, 5.74) is 0. The Balaban J connectivity index is 3.78. The highest BCUT2D eigenvalue weighted by atomic mass is 32.2. The van der Waals surface area contributed by atoms with E-state index in [1.165, 1.54) is 11.5 Å². The highest BCUT2D eigenvalue weighted by Crippen LogP contribution is 2.32. The van der Waals surface area contributed by atoms with Crippen LogP contribution < -0.4 is 0 Å². The van der Waals surface area contributed by atoms with Gasteiger partial charge in [-0.1, -0.05) is 41.5 Å². The van der Waals surface area contributed by atoms with Crippen LogP contribution in [-0.4, -0.2) is 16.1 Å². The van der Waals surface area contributed by atoms with Gasteiger partial charge in [0.2, 0.25) is 0 Å². The summed E-state index contributed by atoms with van der Waals surface area (Å²) in [7, 11) is 0. The maximum atomic E-state index is 2.34. The lowest BCUT2D eigenvalue weighted by Crippen LogP contribution is -2.11. The van der Waals surface area contributed by atoms with Gasteiger partial charge < -0.3 is 0 Å². The standard InChI is InChI=1S/C12H26S2/c1-9(2)7-13-12(11(5)6)14-8-10(3)4/h9-12H,7-8H2,1-6H3. The van der Waals surface area contributed by atoms with E-state index in [2.05, 4.69) is 65.1 Å². The molecular weight excluding hydrogens is 208 g/mol. The summed E-state index contributed by atoms with van der Waals surface area (Å²) in [4.78, 5) is 0. The molecule has 0 aromatic heterocycles. The third-order valence-electron chi connectivity index (χ3n) is 1.73. The summed E-state index contributed by atoms with van der Waals surface area (Å²) in [5, 5.41) is 0. The Bertz CT molecular complexity index is 118. The molecule has 0 nitrogen and oxygen atoms in total. The van der Waals surface area contributed by atoms with Gasteiger partial charge in [-0.05, 0) is 29.3 Å². The Morgan fingerprint density at radius 3 is 1.29 bits per heavy atom. The molecule has 0 radical (unpaired) electrons. The van der Waals surface area contributed by atoms with Gasteiger partial charge in [-0.25, -0.2) is 0 Å². The molecule has 86 valence electrons. The van der Waals surface area contributed by atoms with E-state index in [9.17, 15) is 0 Å². The molecule has 0 N–H and O–H groups in total. The number of thioether (sulfide) groups is 2. The van der Waals surface area contributed by atoms with Gasteiger partial charge >= 0.3 is 0 Å². The van der Waals surface area contributed by atoms with Gasteiger partial charge in [0, 0.05) is 0 Å². The van der Waals surface area contributed by atoms with E-state index in [4.69, 9.17) is 0 Å². The molecule has 0 aromatic carbocycles. The highest BCUT2D eigenvalue weighted by Gasteiger charge is 2.15. The zero-order chi connectivity index (χ0) is 11.1. The average molecular weight is 234 g/mol. The summed E-state index contributed by atoms with van der Waals surface area (Å²) in [6, 6.07) is 0. The third kappa shape index (κ3) is 8.05. The van der Waals surface area contributed by atoms with Crippen molar-refractivity contribution in [2.75, 3.05) is 11.5 Å². The van der Waals surface area contributed by atoms with Gasteiger partial charge in [0.15, 0.2) is 0 Å². The van der Waals surface area contributed by atoms with Crippen LogP contribution in [0.1, 0.15) is 41.5 Å². The lowest BCUT2D eigenvalue weighted by atomic mass is 10.3. The van der Waals surface area contributed by atoms with E-state index in [-0.39, 0.29) is 0 Å². The second-order valence-electron chi connectivity index (χ2n) is 5.07. The first kappa shape index (κ1) is 14.7. The van der Waals surface area contributed by atoms with Gasteiger partial charge in [-0.2, -0.15) is 0 Å². The molecule has 2 heteroatoms. The summed E-state index contributed by atoms with van der Waals surface area (Å²) in [6.45, 7) is 13.9. The predicted octanol–water partition coefficient (Wildman–Crippen LogP) is 4.75. The third-order valence-corrected chi connectivity index (χ3v) is 6.01.